The van der Waals surface area contributed by atoms with Crippen molar-refractivity contribution in [3.63, 3.8) is 0 Å². The van der Waals surface area contributed by atoms with Crippen LogP contribution in [-0.2, 0) is 19.6 Å². The van der Waals surface area contributed by atoms with Crippen molar-refractivity contribution in [3.05, 3.63) is 30.3 Å². The van der Waals surface area contributed by atoms with Gasteiger partial charge in [-0.3, -0.25) is 9.59 Å². The predicted octanol–water partition coefficient (Wildman–Crippen LogP) is 1.51. The van der Waals surface area contributed by atoms with Gasteiger partial charge in [0.25, 0.3) is 0 Å². The van der Waals surface area contributed by atoms with Crippen LogP contribution in [0.5, 0.6) is 0 Å². The van der Waals surface area contributed by atoms with Gasteiger partial charge in [-0.2, -0.15) is 4.31 Å². The molecule has 7 nitrogen and oxygen atoms in total. The minimum absolute atomic E-state index is 0.0129. The molecule has 2 N–H and O–H groups in total. The van der Waals surface area contributed by atoms with Crippen molar-refractivity contribution in [2.24, 2.45) is 5.92 Å². The third kappa shape index (κ3) is 6.95. The number of benzene rings is 1. The van der Waals surface area contributed by atoms with Crippen LogP contribution in [0.2, 0.25) is 0 Å². The van der Waals surface area contributed by atoms with E-state index in [9.17, 15) is 18.0 Å². The lowest BCUT2D eigenvalue weighted by Crippen LogP contribution is -2.39. The quantitative estimate of drug-likeness (QED) is 0.620. The number of hydrogen-bond acceptors (Lipinski definition) is 4. The zero-order valence-corrected chi connectivity index (χ0v) is 16.6. The van der Waals surface area contributed by atoms with E-state index in [4.69, 9.17) is 0 Å². The lowest BCUT2D eigenvalue weighted by molar-refractivity contribution is -0.122. The Morgan fingerprint density at radius 1 is 1.04 bits per heavy atom. The molecule has 0 saturated carbocycles. The van der Waals surface area contributed by atoms with E-state index in [1.54, 1.807) is 30.3 Å². The molecule has 1 saturated heterocycles. The van der Waals surface area contributed by atoms with Gasteiger partial charge in [-0.1, -0.05) is 18.2 Å². The lowest BCUT2D eigenvalue weighted by atomic mass is 9.94. The number of hydrogen-bond donors (Lipinski definition) is 2. The minimum Gasteiger partial charge on any atom is -0.356 e. The number of unbranched alkanes of at least 4 members (excludes halogenated alkanes) is 1. The van der Waals surface area contributed by atoms with E-state index in [0.717, 1.165) is 12.8 Å². The zero-order valence-electron chi connectivity index (χ0n) is 15.8. The number of rotatable bonds is 9. The second kappa shape index (κ2) is 10.4. The number of nitrogens with one attached hydrogen (secondary N) is 2. The average molecular weight is 396 g/mol. The molecule has 1 aliphatic rings. The molecule has 1 fully saturated rings. The highest BCUT2D eigenvalue weighted by molar-refractivity contribution is 7.89. The molecule has 0 spiro atoms. The van der Waals surface area contributed by atoms with E-state index in [2.05, 4.69) is 10.6 Å². The largest absolute Gasteiger partial charge is 0.356 e. The van der Waals surface area contributed by atoms with E-state index < -0.39 is 10.0 Å². The molecule has 0 radical (unpaired) electrons. The maximum absolute atomic E-state index is 12.6. The van der Waals surface area contributed by atoms with Gasteiger partial charge >= 0.3 is 0 Å². The van der Waals surface area contributed by atoms with Gasteiger partial charge in [0.1, 0.15) is 0 Å². The van der Waals surface area contributed by atoms with Crippen LogP contribution in [-0.4, -0.2) is 50.7 Å². The fourth-order valence-corrected chi connectivity index (χ4v) is 4.66. The Kier molecular flexibility index (Phi) is 8.24. The number of nitrogens with zero attached hydrogens (tertiary/aromatic N) is 1. The van der Waals surface area contributed by atoms with Gasteiger partial charge in [-0.25, -0.2) is 8.42 Å². The zero-order chi connectivity index (χ0) is 19.7. The SMILES string of the molecule is CC(=O)NCCCCNC(=O)CC1CCN(S(=O)(=O)c2ccccc2)CC1. The van der Waals surface area contributed by atoms with Gasteiger partial charge in [0.2, 0.25) is 21.8 Å². The molecule has 2 rings (SSSR count). The topological polar surface area (TPSA) is 95.6 Å². The summed E-state index contributed by atoms with van der Waals surface area (Å²) in [7, 11) is -3.44. The smallest absolute Gasteiger partial charge is 0.243 e. The van der Waals surface area contributed by atoms with E-state index in [-0.39, 0.29) is 17.7 Å². The van der Waals surface area contributed by atoms with Crippen LogP contribution >= 0.6 is 0 Å². The summed E-state index contributed by atoms with van der Waals surface area (Å²) in [6.07, 6.45) is 3.48. The maximum Gasteiger partial charge on any atom is 0.243 e. The number of carbonyl (C=O) groups is 2. The van der Waals surface area contributed by atoms with Crippen LogP contribution in [0.4, 0.5) is 0 Å². The Balaban J connectivity index is 1.67. The van der Waals surface area contributed by atoms with Crippen LogP contribution in [0.25, 0.3) is 0 Å². The molecule has 0 unspecified atom stereocenters. The Labute approximate surface area is 161 Å². The van der Waals surface area contributed by atoms with Gasteiger partial charge in [-0.15, -0.1) is 0 Å². The number of sulfonamides is 1. The molecular formula is C19H29N3O4S. The van der Waals surface area contributed by atoms with E-state index >= 15 is 0 Å². The van der Waals surface area contributed by atoms with Crippen molar-refractivity contribution < 1.29 is 18.0 Å². The Bertz CT molecular complexity index is 714. The molecule has 150 valence electrons. The molecule has 1 aromatic carbocycles. The molecule has 0 bridgehead atoms. The summed E-state index contributed by atoms with van der Waals surface area (Å²) < 4.78 is 26.7. The molecule has 0 aromatic heterocycles. The van der Waals surface area contributed by atoms with Crippen LogP contribution in [0, 0.1) is 5.92 Å². The molecule has 2 amide bonds. The highest BCUT2D eigenvalue weighted by Crippen LogP contribution is 2.25. The van der Waals surface area contributed by atoms with Crippen LogP contribution in [0.15, 0.2) is 35.2 Å². The summed E-state index contributed by atoms with van der Waals surface area (Å²) >= 11 is 0. The second-order valence-corrected chi connectivity index (χ2v) is 8.84. The first-order chi connectivity index (χ1) is 12.9. The second-order valence-electron chi connectivity index (χ2n) is 6.90. The van der Waals surface area contributed by atoms with Crippen LogP contribution in [0.1, 0.15) is 39.0 Å². The van der Waals surface area contributed by atoms with Crippen LogP contribution in [0.3, 0.4) is 0 Å². The molecule has 0 atom stereocenters. The standard InChI is InChI=1S/C19H29N3O4S/c1-16(23)20-11-5-6-12-21-19(24)15-17-9-13-22(14-10-17)27(25,26)18-7-3-2-4-8-18/h2-4,7-8,17H,5-6,9-15H2,1H3,(H,20,23)(H,21,24). The maximum atomic E-state index is 12.6. The molecule has 1 aromatic rings. The number of carbonyl (C=O) groups excluding carboxylic acids is 2. The van der Waals surface area contributed by atoms with E-state index in [1.165, 1.54) is 11.2 Å². The Morgan fingerprint density at radius 2 is 1.63 bits per heavy atom. The molecule has 8 heteroatoms. The van der Waals surface area contributed by atoms with Crippen molar-refractivity contribution in [2.75, 3.05) is 26.2 Å². The fourth-order valence-electron chi connectivity index (χ4n) is 3.17. The van der Waals surface area contributed by atoms with Gasteiger partial charge in [0, 0.05) is 39.5 Å². The third-order valence-corrected chi connectivity index (χ3v) is 6.64. The van der Waals surface area contributed by atoms with Gasteiger partial charge in [0.15, 0.2) is 0 Å². The molecule has 27 heavy (non-hydrogen) atoms. The predicted molar refractivity (Wildman–Crippen MR) is 103 cm³/mol. The summed E-state index contributed by atoms with van der Waals surface area (Å²) in [5.74, 6) is 0.185. The highest BCUT2D eigenvalue weighted by atomic mass is 32.2. The normalized spacial score (nSPS) is 16.0. The molecule has 0 aliphatic carbocycles. The first-order valence-electron chi connectivity index (χ1n) is 9.46. The summed E-state index contributed by atoms with van der Waals surface area (Å²) in [6.45, 7) is 3.61. The minimum atomic E-state index is -3.44. The van der Waals surface area contributed by atoms with Gasteiger partial charge in [0.05, 0.1) is 4.90 Å². The van der Waals surface area contributed by atoms with Crippen molar-refractivity contribution in [3.8, 4) is 0 Å². The summed E-state index contributed by atoms with van der Waals surface area (Å²) in [5, 5.41) is 5.62. The fraction of sp³-hybridized carbons (Fsp3) is 0.579. The Morgan fingerprint density at radius 3 is 2.22 bits per heavy atom. The summed E-state index contributed by atoms with van der Waals surface area (Å²) in [6, 6.07) is 8.46. The van der Waals surface area contributed by atoms with Gasteiger partial charge < -0.3 is 10.6 Å². The van der Waals surface area contributed by atoms with Crippen LogP contribution < -0.4 is 10.6 Å². The summed E-state index contributed by atoms with van der Waals surface area (Å²) in [5.41, 5.74) is 0. The molecular weight excluding hydrogens is 366 g/mol. The van der Waals surface area contributed by atoms with Gasteiger partial charge in [-0.05, 0) is 43.7 Å². The van der Waals surface area contributed by atoms with Crippen molar-refractivity contribution in [2.45, 2.75) is 43.9 Å². The van der Waals surface area contributed by atoms with Crippen molar-refractivity contribution in [1.29, 1.82) is 0 Å². The molecule has 1 aliphatic heterocycles. The molecule has 1 heterocycles. The lowest BCUT2D eigenvalue weighted by Gasteiger charge is -2.31. The number of amides is 2. The monoisotopic (exact) mass is 395 g/mol. The summed E-state index contributed by atoms with van der Waals surface area (Å²) in [4.78, 5) is 23.1. The van der Waals surface area contributed by atoms with Crippen molar-refractivity contribution in [1.82, 2.24) is 14.9 Å². The average Bonchev–Trinajstić information content (AvgIpc) is 2.65. The number of piperidine rings is 1. The highest BCUT2D eigenvalue weighted by Gasteiger charge is 2.29. The van der Waals surface area contributed by atoms with E-state index in [1.807, 2.05) is 0 Å². The first-order valence-corrected chi connectivity index (χ1v) is 10.9. The van der Waals surface area contributed by atoms with E-state index in [0.29, 0.717) is 50.3 Å². The Hall–Kier alpha value is -1.93. The third-order valence-electron chi connectivity index (χ3n) is 4.73. The first kappa shape index (κ1) is 21.4. The van der Waals surface area contributed by atoms with Crippen molar-refractivity contribution >= 4 is 21.8 Å².